The van der Waals surface area contributed by atoms with E-state index in [2.05, 4.69) is 9.97 Å². The second-order valence-corrected chi connectivity index (χ2v) is 6.41. The Bertz CT molecular complexity index is 694. The van der Waals surface area contributed by atoms with Crippen LogP contribution < -0.4 is 0 Å². The number of hydrogen-bond acceptors (Lipinski definition) is 5. The molecule has 1 amide bonds. The first-order chi connectivity index (χ1) is 11.1. The van der Waals surface area contributed by atoms with Gasteiger partial charge in [-0.2, -0.15) is 0 Å². The normalized spacial score (nSPS) is 15.6. The molecule has 0 unspecified atom stereocenters. The van der Waals surface area contributed by atoms with Crippen molar-refractivity contribution in [3.63, 3.8) is 0 Å². The van der Waals surface area contributed by atoms with Gasteiger partial charge in [-0.05, 0) is 25.0 Å². The monoisotopic (exact) mass is 331 g/mol. The van der Waals surface area contributed by atoms with Crippen LogP contribution >= 0.6 is 11.3 Å². The third-order valence-electron chi connectivity index (χ3n) is 4.01. The minimum absolute atomic E-state index is 0.0143. The highest BCUT2D eigenvalue weighted by atomic mass is 32.1. The predicted octanol–water partition coefficient (Wildman–Crippen LogP) is 2.07. The topological polar surface area (TPSA) is 83.4 Å². The summed E-state index contributed by atoms with van der Waals surface area (Å²) in [7, 11) is 0. The van der Waals surface area contributed by atoms with Crippen LogP contribution in [0.4, 0.5) is 0 Å². The maximum absolute atomic E-state index is 12.3. The number of nitrogens with zero attached hydrogens (tertiary/aromatic N) is 3. The minimum atomic E-state index is -0.765. The highest BCUT2D eigenvalue weighted by molar-refractivity contribution is 7.13. The predicted molar refractivity (Wildman–Crippen MR) is 86.0 cm³/mol. The molecule has 1 aliphatic rings. The summed E-state index contributed by atoms with van der Waals surface area (Å²) in [5.74, 6) is -1.07. The molecular formula is C16H17N3O3S. The van der Waals surface area contributed by atoms with Gasteiger partial charge >= 0.3 is 5.97 Å². The molecule has 0 spiro atoms. The van der Waals surface area contributed by atoms with Gasteiger partial charge in [-0.1, -0.05) is 0 Å². The summed E-state index contributed by atoms with van der Waals surface area (Å²) in [4.78, 5) is 33.5. The van der Waals surface area contributed by atoms with Gasteiger partial charge in [-0.3, -0.25) is 14.6 Å². The highest BCUT2D eigenvalue weighted by Crippen LogP contribution is 2.24. The SMILES string of the molecule is O=C(O)C1CCN(C(=O)Cc2csc(-c3ccncc3)n2)CC1. The van der Waals surface area contributed by atoms with Gasteiger partial charge < -0.3 is 10.0 Å². The molecule has 0 atom stereocenters. The van der Waals surface area contributed by atoms with Crippen molar-refractivity contribution in [2.24, 2.45) is 5.92 Å². The van der Waals surface area contributed by atoms with Crippen molar-refractivity contribution in [2.75, 3.05) is 13.1 Å². The van der Waals surface area contributed by atoms with Crippen LogP contribution in [0.5, 0.6) is 0 Å². The number of aromatic nitrogens is 2. The summed E-state index contributed by atoms with van der Waals surface area (Å²) in [6.07, 6.45) is 4.75. The lowest BCUT2D eigenvalue weighted by atomic mass is 9.97. The molecule has 0 bridgehead atoms. The van der Waals surface area contributed by atoms with Crippen molar-refractivity contribution in [1.29, 1.82) is 0 Å². The van der Waals surface area contributed by atoms with E-state index in [9.17, 15) is 9.59 Å². The molecule has 6 nitrogen and oxygen atoms in total. The fourth-order valence-electron chi connectivity index (χ4n) is 2.66. The van der Waals surface area contributed by atoms with Crippen LogP contribution in [0.3, 0.4) is 0 Å². The van der Waals surface area contributed by atoms with Gasteiger partial charge in [-0.25, -0.2) is 4.98 Å². The number of thiazole rings is 1. The van der Waals surface area contributed by atoms with E-state index < -0.39 is 5.97 Å². The molecule has 23 heavy (non-hydrogen) atoms. The summed E-state index contributed by atoms with van der Waals surface area (Å²) in [5, 5.41) is 11.8. The molecule has 1 aliphatic heterocycles. The summed E-state index contributed by atoms with van der Waals surface area (Å²) in [6.45, 7) is 1.02. The van der Waals surface area contributed by atoms with Crippen molar-refractivity contribution in [3.8, 4) is 10.6 Å². The Morgan fingerprint density at radius 3 is 2.61 bits per heavy atom. The number of aliphatic carboxylic acids is 1. The molecule has 0 saturated carbocycles. The van der Waals surface area contributed by atoms with Crippen LogP contribution in [0.15, 0.2) is 29.9 Å². The minimum Gasteiger partial charge on any atom is -0.481 e. The van der Waals surface area contributed by atoms with Crippen LogP contribution in [0.2, 0.25) is 0 Å². The number of carboxylic acid groups (broad SMARTS) is 1. The molecule has 0 aromatic carbocycles. The number of amides is 1. The Labute approximate surface area is 137 Å². The van der Waals surface area contributed by atoms with Gasteiger partial charge in [0.2, 0.25) is 5.91 Å². The summed E-state index contributed by atoms with van der Waals surface area (Å²) >= 11 is 1.51. The van der Waals surface area contributed by atoms with Crippen molar-refractivity contribution in [1.82, 2.24) is 14.9 Å². The van der Waals surface area contributed by atoms with Gasteiger partial charge in [0, 0.05) is 36.4 Å². The third-order valence-corrected chi connectivity index (χ3v) is 4.95. The van der Waals surface area contributed by atoms with Gasteiger partial charge in [0.1, 0.15) is 5.01 Å². The lowest BCUT2D eigenvalue weighted by molar-refractivity contribution is -0.145. The Hall–Kier alpha value is -2.28. The number of likely N-dealkylation sites (tertiary alicyclic amines) is 1. The second kappa shape index (κ2) is 6.87. The van der Waals surface area contributed by atoms with Gasteiger partial charge in [0.05, 0.1) is 18.0 Å². The fourth-order valence-corrected chi connectivity index (χ4v) is 3.48. The molecule has 0 radical (unpaired) electrons. The molecule has 3 rings (SSSR count). The fraction of sp³-hybridized carbons (Fsp3) is 0.375. The molecular weight excluding hydrogens is 314 g/mol. The Balaban J connectivity index is 1.59. The van der Waals surface area contributed by atoms with E-state index in [-0.39, 0.29) is 18.2 Å². The molecule has 120 valence electrons. The molecule has 2 aromatic heterocycles. The number of carboxylic acids is 1. The van der Waals surface area contributed by atoms with Gasteiger partial charge in [0.25, 0.3) is 0 Å². The quantitative estimate of drug-likeness (QED) is 0.927. The van der Waals surface area contributed by atoms with Crippen molar-refractivity contribution < 1.29 is 14.7 Å². The summed E-state index contributed by atoms with van der Waals surface area (Å²) in [6, 6.07) is 3.78. The van der Waals surface area contributed by atoms with Crippen molar-refractivity contribution in [3.05, 3.63) is 35.6 Å². The lowest BCUT2D eigenvalue weighted by Gasteiger charge is -2.30. The molecule has 2 aromatic rings. The van der Waals surface area contributed by atoms with Crippen LogP contribution in [0.1, 0.15) is 18.5 Å². The van der Waals surface area contributed by atoms with Crippen LogP contribution in [-0.2, 0) is 16.0 Å². The molecule has 1 saturated heterocycles. The highest BCUT2D eigenvalue weighted by Gasteiger charge is 2.27. The van der Waals surface area contributed by atoms with Gasteiger partial charge in [-0.15, -0.1) is 11.3 Å². The van der Waals surface area contributed by atoms with E-state index >= 15 is 0 Å². The zero-order valence-corrected chi connectivity index (χ0v) is 13.3. The Morgan fingerprint density at radius 1 is 1.26 bits per heavy atom. The standard InChI is InChI=1S/C16H17N3O3S/c20-14(19-7-3-12(4-8-19)16(21)22)9-13-10-23-15(18-13)11-1-5-17-6-2-11/h1-2,5-6,10,12H,3-4,7-9H2,(H,21,22). The third kappa shape index (κ3) is 3.73. The number of hydrogen-bond donors (Lipinski definition) is 1. The maximum Gasteiger partial charge on any atom is 0.306 e. The van der Waals surface area contributed by atoms with E-state index in [1.54, 1.807) is 17.3 Å². The van der Waals surface area contributed by atoms with Crippen LogP contribution in [0, 0.1) is 5.92 Å². The van der Waals surface area contributed by atoms with E-state index in [1.807, 2.05) is 17.5 Å². The zero-order chi connectivity index (χ0) is 16.2. The number of rotatable bonds is 4. The number of pyridine rings is 1. The summed E-state index contributed by atoms with van der Waals surface area (Å²) < 4.78 is 0. The summed E-state index contributed by atoms with van der Waals surface area (Å²) in [5.41, 5.74) is 1.75. The van der Waals surface area contributed by atoms with E-state index in [0.29, 0.717) is 25.9 Å². The number of carbonyl (C=O) groups is 2. The maximum atomic E-state index is 12.3. The number of carbonyl (C=O) groups excluding carboxylic acids is 1. The van der Waals surface area contributed by atoms with Crippen LogP contribution in [-0.4, -0.2) is 44.9 Å². The molecule has 0 aliphatic carbocycles. The number of piperidine rings is 1. The van der Waals surface area contributed by atoms with Gasteiger partial charge in [0.15, 0.2) is 0 Å². The van der Waals surface area contributed by atoms with Crippen molar-refractivity contribution >= 4 is 23.2 Å². The molecule has 7 heteroatoms. The van der Waals surface area contributed by atoms with Crippen LogP contribution in [0.25, 0.3) is 10.6 Å². The van der Waals surface area contributed by atoms with E-state index in [1.165, 1.54) is 11.3 Å². The molecule has 3 heterocycles. The Kier molecular flexibility index (Phi) is 4.66. The molecule has 1 fully saturated rings. The first-order valence-electron chi connectivity index (χ1n) is 7.49. The van der Waals surface area contributed by atoms with E-state index in [4.69, 9.17) is 5.11 Å². The largest absolute Gasteiger partial charge is 0.481 e. The average molecular weight is 331 g/mol. The van der Waals surface area contributed by atoms with Crippen molar-refractivity contribution in [2.45, 2.75) is 19.3 Å². The zero-order valence-electron chi connectivity index (χ0n) is 12.5. The Morgan fingerprint density at radius 2 is 1.96 bits per heavy atom. The first-order valence-corrected chi connectivity index (χ1v) is 8.37. The first kappa shape index (κ1) is 15.6. The smallest absolute Gasteiger partial charge is 0.306 e. The average Bonchev–Trinajstić information content (AvgIpc) is 3.04. The second-order valence-electron chi connectivity index (χ2n) is 5.55. The lowest BCUT2D eigenvalue weighted by Crippen LogP contribution is -2.41. The van der Waals surface area contributed by atoms with E-state index in [0.717, 1.165) is 16.3 Å². The molecule has 1 N–H and O–H groups in total.